The summed E-state index contributed by atoms with van der Waals surface area (Å²) in [6.45, 7) is 7.74. The number of amides is 1. The lowest BCUT2D eigenvalue weighted by Gasteiger charge is -2.24. The number of carbonyl (C=O) groups excluding carboxylic acids is 1. The first kappa shape index (κ1) is 14.7. The van der Waals surface area contributed by atoms with Gasteiger partial charge in [0.25, 0.3) is 0 Å². The number of rotatable bonds is 2. The molecule has 110 valence electrons. The molecule has 2 heterocycles. The maximum absolute atomic E-state index is 13.5. The predicted molar refractivity (Wildman–Crippen MR) is 72.4 cm³/mol. The maximum atomic E-state index is 13.5. The highest BCUT2D eigenvalue weighted by molar-refractivity contribution is 5.68. The second kappa shape index (κ2) is 5.75. The fourth-order valence-electron chi connectivity index (χ4n) is 2.02. The molecule has 0 radical (unpaired) electrons. The van der Waals surface area contributed by atoms with Gasteiger partial charge >= 0.3 is 6.09 Å². The van der Waals surface area contributed by atoms with Gasteiger partial charge in [0.1, 0.15) is 11.4 Å². The predicted octanol–water partition coefficient (Wildman–Crippen LogP) is 2.23. The van der Waals surface area contributed by atoms with Gasteiger partial charge in [0.2, 0.25) is 0 Å². The molecule has 5 nitrogen and oxygen atoms in total. The Kier molecular flexibility index (Phi) is 4.23. The number of ether oxygens (including phenoxy) is 1. The highest BCUT2D eigenvalue weighted by Gasteiger charge is 2.28. The van der Waals surface area contributed by atoms with Crippen molar-refractivity contribution in [3.05, 3.63) is 29.8 Å². The molecule has 2 rings (SSSR count). The van der Waals surface area contributed by atoms with E-state index in [1.165, 1.54) is 6.20 Å². The highest BCUT2D eigenvalue weighted by atomic mass is 19.1. The van der Waals surface area contributed by atoms with Crippen molar-refractivity contribution in [2.24, 2.45) is 0 Å². The van der Waals surface area contributed by atoms with Crippen molar-refractivity contribution < 1.29 is 13.9 Å². The number of aromatic nitrogens is 1. The number of pyridine rings is 1. The van der Waals surface area contributed by atoms with Gasteiger partial charge in [0, 0.05) is 31.4 Å². The van der Waals surface area contributed by atoms with Crippen LogP contribution in [0.5, 0.6) is 0 Å². The van der Waals surface area contributed by atoms with Crippen molar-refractivity contribution in [2.45, 2.75) is 32.9 Å². The van der Waals surface area contributed by atoms with Crippen LogP contribution < -0.4 is 0 Å². The van der Waals surface area contributed by atoms with Crippen LogP contribution in [0, 0.1) is 5.82 Å². The van der Waals surface area contributed by atoms with Gasteiger partial charge in [-0.05, 0) is 26.8 Å². The number of halogens is 1. The number of hydrogen-bond donors (Lipinski definition) is 0. The van der Waals surface area contributed by atoms with Crippen LogP contribution in [0.1, 0.15) is 26.3 Å². The third-order valence-electron chi connectivity index (χ3n) is 2.96. The first-order valence-corrected chi connectivity index (χ1v) is 6.64. The zero-order chi connectivity index (χ0) is 14.8. The molecule has 20 heavy (non-hydrogen) atoms. The number of carbonyl (C=O) groups is 1. The van der Waals surface area contributed by atoms with Crippen LogP contribution in [0.3, 0.4) is 0 Å². The van der Waals surface area contributed by atoms with E-state index >= 15 is 0 Å². The van der Waals surface area contributed by atoms with Gasteiger partial charge < -0.3 is 4.74 Å². The Labute approximate surface area is 118 Å². The Morgan fingerprint density at radius 2 is 2.20 bits per heavy atom. The minimum atomic E-state index is -0.498. The molecule has 1 amide bonds. The average molecular weight is 281 g/mol. The van der Waals surface area contributed by atoms with Gasteiger partial charge in [-0.1, -0.05) is 0 Å². The monoisotopic (exact) mass is 281 g/mol. The normalized spacial score (nSPS) is 16.5. The van der Waals surface area contributed by atoms with Crippen LogP contribution in [0.15, 0.2) is 18.5 Å². The summed E-state index contributed by atoms with van der Waals surface area (Å²) in [6, 6.07) is 1.66. The van der Waals surface area contributed by atoms with Gasteiger partial charge in [0.15, 0.2) is 0 Å². The quantitative estimate of drug-likeness (QED) is 0.834. The van der Waals surface area contributed by atoms with Crippen LogP contribution in [0.4, 0.5) is 9.18 Å². The molecule has 1 saturated heterocycles. The topological polar surface area (TPSA) is 45.7 Å². The van der Waals surface area contributed by atoms with E-state index in [-0.39, 0.29) is 11.9 Å². The zero-order valence-corrected chi connectivity index (χ0v) is 12.1. The van der Waals surface area contributed by atoms with Gasteiger partial charge in [-0.2, -0.15) is 0 Å². The molecule has 0 aliphatic carbocycles. The fourth-order valence-corrected chi connectivity index (χ4v) is 2.02. The lowest BCUT2D eigenvalue weighted by molar-refractivity contribution is 0.0263. The SMILES string of the molecule is CC(C)(C)OC(=O)N1CCN(Cc2ccncc2F)C1. The molecule has 0 unspecified atom stereocenters. The lowest BCUT2D eigenvalue weighted by Crippen LogP contribution is -2.36. The molecule has 1 aromatic rings. The van der Waals surface area contributed by atoms with Crippen molar-refractivity contribution in [3.63, 3.8) is 0 Å². The third kappa shape index (κ3) is 3.90. The van der Waals surface area contributed by atoms with E-state index in [0.717, 1.165) is 0 Å². The smallest absolute Gasteiger partial charge is 0.411 e. The van der Waals surface area contributed by atoms with E-state index in [1.807, 2.05) is 25.7 Å². The van der Waals surface area contributed by atoms with Gasteiger partial charge in [-0.25, -0.2) is 9.18 Å². The molecule has 1 aliphatic heterocycles. The molecule has 0 aromatic carbocycles. The maximum Gasteiger partial charge on any atom is 0.411 e. The Hall–Kier alpha value is -1.69. The van der Waals surface area contributed by atoms with Crippen molar-refractivity contribution >= 4 is 6.09 Å². The largest absolute Gasteiger partial charge is 0.444 e. The molecule has 0 bridgehead atoms. The van der Waals surface area contributed by atoms with E-state index in [0.29, 0.717) is 31.9 Å². The molecular weight excluding hydrogens is 261 g/mol. The Morgan fingerprint density at radius 1 is 1.45 bits per heavy atom. The molecule has 1 aromatic heterocycles. The van der Waals surface area contributed by atoms with E-state index < -0.39 is 5.60 Å². The van der Waals surface area contributed by atoms with Crippen LogP contribution in [-0.4, -0.2) is 46.2 Å². The van der Waals surface area contributed by atoms with Crippen molar-refractivity contribution in [1.29, 1.82) is 0 Å². The van der Waals surface area contributed by atoms with Gasteiger partial charge in [0.05, 0.1) is 12.9 Å². The Morgan fingerprint density at radius 3 is 2.85 bits per heavy atom. The molecule has 1 fully saturated rings. The summed E-state index contributed by atoms with van der Waals surface area (Å²) in [5.74, 6) is -0.316. The summed E-state index contributed by atoms with van der Waals surface area (Å²) in [7, 11) is 0. The van der Waals surface area contributed by atoms with Crippen LogP contribution in [-0.2, 0) is 11.3 Å². The van der Waals surface area contributed by atoms with E-state index in [9.17, 15) is 9.18 Å². The molecule has 0 saturated carbocycles. The zero-order valence-electron chi connectivity index (χ0n) is 12.1. The second-order valence-electron chi connectivity index (χ2n) is 5.90. The molecule has 0 atom stereocenters. The average Bonchev–Trinajstić information content (AvgIpc) is 2.79. The first-order chi connectivity index (χ1) is 9.35. The molecule has 0 spiro atoms. The highest BCUT2D eigenvalue weighted by Crippen LogP contribution is 2.16. The molecule has 1 aliphatic rings. The second-order valence-corrected chi connectivity index (χ2v) is 5.90. The van der Waals surface area contributed by atoms with Gasteiger partial charge in [-0.15, -0.1) is 0 Å². The Balaban J connectivity index is 1.90. The van der Waals surface area contributed by atoms with Crippen molar-refractivity contribution in [1.82, 2.24) is 14.8 Å². The van der Waals surface area contributed by atoms with Crippen LogP contribution in [0.25, 0.3) is 0 Å². The summed E-state index contributed by atoms with van der Waals surface area (Å²) in [5.41, 5.74) is 0.0906. The van der Waals surface area contributed by atoms with E-state index in [4.69, 9.17) is 4.74 Å². The fraction of sp³-hybridized carbons (Fsp3) is 0.571. The van der Waals surface area contributed by atoms with E-state index in [1.54, 1.807) is 17.2 Å². The third-order valence-corrected chi connectivity index (χ3v) is 2.96. The van der Waals surface area contributed by atoms with Crippen molar-refractivity contribution in [2.75, 3.05) is 19.8 Å². The summed E-state index contributed by atoms with van der Waals surface area (Å²) < 4.78 is 18.8. The first-order valence-electron chi connectivity index (χ1n) is 6.64. The van der Waals surface area contributed by atoms with Crippen molar-refractivity contribution in [3.8, 4) is 0 Å². The van der Waals surface area contributed by atoms with Crippen LogP contribution >= 0.6 is 0 Å². The number of nitrogens with zero attached hydrogens (tertiary/aromatic N) is 3. The minimum Gasteiger partial charge on any atom is -0.444 e. The Bertz CT molecular complexity index is 488. The summed E-state index contributed by atoms with van der Waals surface area (Å²) in [6.07, 6.45) is 2.45. The molecular formula is C14H20FN3O2. The molecule has 6 heteroatoms. The van der Waals surface area contributed by atoms with Crippen LogP contribution in [0.2, 0.25) is 0 Å². The van der Waals surface area contributed by atoms with E-state index in [2.05, 4.69) is 4.98 Å². The van der Waals surface area contributed by atoms with Gasteiger partial charge in [-0.3, -0.25) is 14.8 Å². The molecule has 0 N–H and O–H groups in total. The summed E-state index contributed by atoms with van der Waals surface area (Å²) in [5, 5.41) is 0. The minimum absolute atomic E-state index is 0.316. The summed E-state index contributed by atoms with van der Waals surface area (Å²) in [4.78, 5) is 19.3. The summed E-state index contributed by atoms with van der Waals surface area (Å²) >= 11 is 0. The lowest BCUT2D eigenvalue weighted by atomic mass is 10.2. The standard InChI is InChI=1S/C14H20FN3O2/c1-14(2,3)20-13(19)18-7-6-17(10-18)9-11-4-5-16-8-12(11)15/h4-5,8H,6-7,9-10H2,1-3H3. The number of hydrogen-bond acceptors (Lipinski definition) is 4.